The highest BCUT2D eigenvalue weighted by Gasteiger charge is 2.54. The molecule has 0 radical (unpaired) electrons. The SMILES string of the molecule is CCOC(=O)c1cccc(N(C[C@@]2(O[SiH](C)C)C[C@H](C(C)(C)C)CN2C(=O)OC(C)(C)C)C(=O)OCc2ccc([N+](=O)[O-])cc2)c1. The van der Waals surface area contributed by atoms with Gasteiger partial charge in [-0.2, -0.15) is 0 Å². The number of hydrogen-bond donors (Lipinski definition) is 0. The van der Waals surface area contributed by atoms with Gasteiger partial charge in [-0.25, -0.2) is 14.4 Å². The minimum atomic E-state index is -1.86. The first-order valence-electron chi connectivity index (χ1n) is 15.5. The Bertz CT molecular complexity index is 1400. The van der Waals surface area contributed by atoms with Crippen LogP contribution in [0.15, 0.2) is 48.5 Å². The van der Waals surface area contributed by atoms with Gasteiger partial charge in [0.05, 0.1) is 23.6 Å². The molecule has 1 fully saturated rings. The van der Waals surface area contributed by atoms with Gasteiger partial charge in [0.1, 0.15) is 12.2 Å². The van der Waals surface area contributed by atoms with Crippen LogP contribution in [0.25, 0.3) is 0 Å². The third-order valence-corrected chi connectivity index (χ3v) is 8.47. The van der Waals surface area contributed by atoms with Crippen molar-refractivity contribution in [2.24, 2.45) is 11.3 Å². The average molecular weight is 658 g/mol. The van der Waals surface area contributed by atoms with E-state index in [1.807, 2.05) is 13.1 Å². The first-order valence-corrected chi connectivity index (χ1v) is 18.3. The number of rotatable bonds is 10. The molecule has 0 N–H and O–H groups in total. The van der Waals surface area contributed by atoms with Crippen molar-refractivity contribution in [1.82, 2.24) is 4.90 Å². The summed E-state index contributed by atoms with van der Waals surface area (Å²) in [6.45, 7) is 17.7. The number of esters is 1. The topological polar surface area (TPSA) is 138 Å². The third kappa shape index (κ3) is 9.52. The van der Waals surface area contributed by atoms with E-state index in [2.05, 4.69) is 20.8 Å². The van der Waals surface area contributed by atoms with Gasteiger partial charge in [0.15, 0.2) is 14.8 Å². The second kappa shape index (κ2) is 14.6. The van der Waals surface area contributed by atoms with Crippen molar-refractivity contribution in [3.8, 4) is 0 Å². The highest BCUT2D eigenvalue weighted by molar-refractivity contribution is 6.48. The monoisotopic (exact) mass is 657 g/mol. The Morgan fingerprint density at radius 2 is 1.70 bits per heavy atom. The zero-order valence-electron chi connectivity index (χ0n) is 28.3. The molecule has 0 unspecified atom stereocenters. The molecule has 2 atom stereocenters. The van der Waals surface area contributed by atoms with Crippen LogP contribution in [0.5, 0.6) is 0 Å². The Hall–Kier alpha value is -3.97. The van der Waals surface area contributed by atoms with E-state index in [9.17, 15) is 24.5 Å². The number of nitro benzene ring substituents is 1. The summed E-state index contributed by atoms with van der Waals surface area (Å²) in [4.78, 5) is 54.0. The fourth-order valence-electron chi connectivity index (χ4n) is 5.28. The Labute approximate surface area is 272 Å². The van der Waals surface area contributed by atoms with Crippen LogP contribution in [0, 0.1) is 21.4 Å². The predicted octanol–water partition coefficient (Wildman–Crippen LogP) is 6.91. The van der Waals surface area contributed by atoms with E-state index >= 15 is 0 Å². The van der Waals surface area contributed by atoms with Crippen LogP contribution in [-0.2, 0) is 25.2 Å². The number of carbonyl (C=O) groups is 3. The minimum Gasteiger partial charge on any atom is -0.462 e. The molecule has 0 spiro atoms. The summed E-state index contributed by atoms with van der Waals surface area (Å²) in [5.41, 5.74) is -1.18. The van der Waals surface area contributed by atoms with Gasteiger partial charge in [0.25, 0.3) is 5.69 Å². The molecule has 0 aliphatic carbocycles. The van der Waals surface area contributed by atoms with Crippen molar-refractivity contribution in [1.29, 1.82) is 0 Å². The maximum atomic E-state index is 14.0. The normalized spacial score (nSPS) is 18.3. The van der Waals surface area contributed by atoms with Crippen LogP contribution >= 0.6 is 0 Å². The Morgan fingerprint density at radius 1 is 1.04 bits per heavy atom. The number of benzene rings is 2. The maximum absolute atomic E-state index is 14.0. The van der Waals surface area contributed by atoms with Gasteiger partial charge in [0, 0.05) is 30.8 Å². The van der Waals surface area contributed by atoms with E-state index in [-0.39, 0.29) is 42.3 Å². The van der Waals surface area contributed by atoms with Crippen molar-refractivity contribution < 1.29 is 37.9 Å². The lowest BCUT2D eigenvalue weighted by atomic mass is 9.79. The zero-order chi connectivity index (χ0) is 34.4. The number of hydrogen-bond acceptors (Lipinski definition) is 9. The van der Waals surface area contributed by atoms with Crippen LogP contribution in [0.2, 0.25) is 13.1 Å². The zero-order valence-corrected chi connectivity index (χ0v) is 29.5. The second-order valence-electron chi connectivity index (χ2n) is 13.8. The number of non-ortho nitro benzene ring substituents is 1. The summed E-state index contributed by atoms with van der Waals surface area (Å²) in [6.07, 6.45) is -0.866. The molecular weight excluding hydrogens is 610 g/mol. The largest absolute Gasteiger partial charge is 0.462 e. The van der Waals surface area contributed by atoms with Gasteiger partial charge < -0.3 is 18.6 Å². The number of carbonyl (C=O) groups excluding carboxylic acids is 3. The van der Waals surface area contributed by atoms with Crippen molar-refractivity contribution >= 4 is 38.6 Å². The van der Waals surface area contributed by atoms with Gasteiger partial charge >= 0.3 is 18.2 Å². The minimum absolute atomic E-state index is 0.0108. The quantitative estimate of drug-likeness (QED) is 0.0877. The molecule has 0 saturated carbocycles. The molecule has 252 valence electrons. The summed E-state index contributed by atoms with van der Waals surface area (Å²) in [6, 6.07) is 12.1. The molecule has 3 rings (SSSR count). The smallest absolute Gasteiger partial charge is 0.414 e. The fraction of sp³-hybridized carbons (Fsp3) is 0.545. The summed E-state index contributed by atoms with van der Waals surface area (Å²) in [5, 5.41) is 11.1. The lowest BCUT2D eigenvalue weighted by molar-refractivity contribution is -0.384. The van der Waals surface area contributed by atoms with E-state index in [1.165, 1.54) is 29.2 Å². The third-order valence-electron chi connectivity index (χ3n) is 7.56. The Morgan fingerprint density at radius 3 is 2.24 bits per heavy atom. The molecule has 13 heteroatoms. The van der Waals surface area contributed by atoms with E-state index < -0.39 is 43.4 Å². The molecule has 0 bridgehead atoms. The molecule has 1 aliphatic heterocycles. The van der Waals surface area contributed by atoms with E-state index in [1.54, 1.807) is 56.9 Å². The molecule has 2 aromatic rings. The first kappa shape index (κ1) is 36.5. The molecular formula is C33H47N3O9Si. The van der Waals surface area contributed by atoms with Crippen molar-refractivity contribution in [3.05, 3.63) is 69.8 Å². The Kier molecular flexibility index (Phi) is 11.6. The lowest BCUT2D eigenvalue weighted by Gasteiger charge is -2.43. The van der Waals surface area contributed by atoms with E-state index in [0.29, 0.717) is 24.2 Å². The highest BCUT2D eigenvalue weighted by atomic mass is 28.3. The number of amides is 2. The number of anilines is 1. The maximum Gasteiger partial charge on any atom is 0.414 e. The number of ether oxygens (including phenoxy) is 3. The van der Waals surface area contributed by atoms with Gasteiger partial charge in [-0.1, -0.05) is 26.8 Å². The predicted molar refractivity (Wildman–Crippen MR) is 176 cm³/mol. The molecule has 2 aromatic carbocycles. The van der Waals surface area contributed by atoms with Crippen LogP contribution in [0.1, 0.15) is 70.8 Å². The van der Waals surface area contributed by atoms with Gasteiger partial charge in [-0.05, 0) is 88.0 Å². The molecule has 46 heavy (non-hydrogen) atoms. The Balaban J connectivity index is 2.10. The van der Waals surface area contributed by atoms with Crippen LogP contribution in [-0.4, -0.2) is 68.0 Å². The summed E-state index contributed by atoms with van der Waals surface area (Å²) >= 11 is 0. The van der Waals surface area contributed by atoms with Crippen molar-refractivity contribution in [2.75, 3.05) is 24.6 Å². The molecule has 0 aromatic heterocycles. The molecule has 1 aliphatic rings. The molecule has 1 saturated heterocycles. The van der Waals surface area contributed by atoms with Crippen molar-refractivity contribution in [3.63, 3.8) is 0 Å². The van der Waals surface area contributed by atoms with Gasteiger partial charge in [-0.3, -0.25) is 19.9 Å². The van der Waals surface area contributed by atoms with Crippen molar-refractivity contribution in [2.45, 2.75) is 85.9 Å². The lowest BCUT2D eigenvalue weighted by Crippen LogP contribution is -2.59. The second-order valence-corrected chi connectivity index (χ2v) is 16.1. The summed E-state index contributed by atoms with van der Waals surface area (Å²) in [5.74, 6) is -0.537. The van der Waals surface area contributed by atoms with Crippen LogP contribution < -0.4 is 4.90 Å². The number of nitrogens with zero attached hydrogens (tertiary/aromatic N) is 3. The van der Waals surface area contributed by atoms with E-state index in [4.69, 9.17) is 18.6 Å². The molecule has 1 heterocycles. The fourth-order valence-corrected chi connectivity index (χ4v) is 6.46. The van der Waals surface area contributed by atoms with E-state index in [0.717, 1.165) is 0 Å². The van der Waals surface area contributed by atoms with Gasteiger partial charge in [0.2, 0.25) is 0 Å². The average Bonchev–Trinajstić information content (AvgIpc) is 3.33. The molecule has 2 amide bonds. The highest BCUT2D eigenvalue weighted by Crippen LogP contribution is 2.45. The first-order chi connectivity index (χ1) is 21.3. The standard InChI is InChI=1S/C33H47N3O9Si/c1-10-42-28(37)24-12-11-13-27(18-24)34(29(38)43-21-23-14-16-26(17-15-23)36(40)41)22-33(45-46(8)9)19-25(31(2,3)4)20-35(33)30(39)44-32(5,6)7/h11-18,25,46H,10,19-22H2,1-9H3/t25-,33-/m0/s1. The van der Waals surface area contributed by atoms with Crippen LogP contribution in [0.4, 0.5) is 21.0 Å². The molecule has 12 nitrogen and oxygen atoms in total. The van der Waals surface area contributed by atoms with Gasteiger partial charge in [-0.15, -0.1) is 0 Å². The summed E-state index contributed by atoms with van der Waals surface area (Å²) in [7, 11) is -1.86. The number of nitro groups is 1. The summed E-state index contributed by atoms with van der Waals surface area (Å²) < 4.78 is 23.5. The van der Waals surface area contributed by atoms with Crippen LogP contribution in [0.3, 0.4) is 0 Å². The number of likely N-dealkylation sites (tertiary alicyclic amines) is 1.